The van der Waals surface area contributed by atoms with Gasteiger partial charge in [0.2, 0.25) is 0 Å². The number of carbonyl (C=O) groups excluding carboxylic acids is 1. The van der Waals surface area contributed by atoms with Crippen LogP contribution in [0.1, 0.15) is 30.2 Å². The van der Waals surface area contributed by atoms with E-state index in [1.807, 2.05) is 0 Å². The highest BCUT2D eigenvalue weighted by Gasteiger charge is 2.52. The van der Waals surface area contributed by atoms with E-state index in [2.05, 4.69) is 10.3 Å². The monoisotopic (exact) mass is 431 g/mol. The molecule has 166 valence electrons. The molecule has 0 radical (unpaired) electrons. The topological polar surface area (TPSA) is 121 Å². The van der Waals surface area contributed by atoms with Gasteiger partial charge in [0.25, 0.3) is 11.5 Å². The summed E-state index contributed by atoms with van der Waals surface area (Å²) < 4.78 is 24.6. The Labute approximate surface area is 178 Å². The second-order valence-electron chi connectivity index (χ2n) is 7.96. The third-order valence-corrected chi connectivity index (χ3v) is 5.41. The van der Waals surface area contributed by atoms with Crippen LogP contribution in [0.2, 0.25) is 0 Å². The Kier molecular flexibility index (Phi) is 5.69. The molecule has 0 spiro atoms. The van der Waals surface area contributed by atoms with Gasteiger partial charge in [0.1, 0.15) is 24.1 Å². The van der Waals surface area contributed by atoms with Crippen LogP contribution in [0.4, 0.5) is 0 Å². The highest BCUT2D eigenvalue weighted by molar-refractivity contribution is 5.94. The summed E-state index contributed by atoms with van der Waals surface area (Å²) in [5.74, 6) is -0.469. The second-order valence-corrected chi connectivity index (χ2v) is 7.96. The molecule has 31 heavy (non-hydrogen) atoms. The van der Waals surface area contributed by atoms with Crippen molar-refractivity contribution in [2.75, 3.05) is 20.3 Å². The van der Waals surface area contributed by atoms with Crippen LogP contribution in [0.15, 0.2) is 46.1 Å². The van der Waals surface area contributed by atoms with Crippen molar-refractivity contribution in [3.63, 3.8) is 0 Å². The number of aromatic amines is 1. The molecule has 0 unspecified atom stereocenters. The molecule has 2 aromatic rings. The van der Waals surface area contributed by atoms with Crippen molar-refractivity contribution < 1.29 is 23.7 Å². The maximum absolute atomic E-state index is 12.5. The van der Waals surface area contributed by atoms with Crippen LogP contribution >= 0.6 is 0 Å². The van der Waals surface area contributed by atoms with Crippen molar-refractivity contribution >= 4 is 5.91 Å². The Hall–Kier alpha value is -2.95. The van der Waals surface area contributed by atoms with E-state index in [0.29, 0.717) is 11.3 Å². The zero-order chi connectivity index (χ0) is 22.2. The summed E-state index contributed by atoms with van der Waals surface area (Å²) in [6, 6.07) is 7.57. The quantitative estimate of drug-likeness (QED) is 0.704. The molecule has 0 saturated carbocycles. The highest BCUT2D eigenvalue weighted by atomic mass is 16.8. The number of amides is 1. The summed E-state index contributed by atoms with van der Waals surface area (Å²) in [5, 5.41) is 2.86. The maximum atomic E-state index is 12.5. The number of fused-ring (bicyclic) bond motifs is 1. The van der Waals surface area contributed by atoms with E-state index in [9.17, 15) is 14.4 Å². The van der Waals surface area contributed by atoms with Crippen LogP contribution in [-0.4, -0.2) is 59.8 Å². The molecular weight excluding hydrogens is 406 g/mol. The predicted molar refractivity (Wildman–Crippen MR) is 109 cm³/mol. The van der Waals surface area contributed by atoms with Crippen LogP contribution in [0.5, 0.6) is 5.75 Å². The Morgan fingerprint density at radius 3 is 2.58 bits per heavy atom. The molecule has 2 saturated heterocycles. The fourth-order valence-electron chi connectivity index (χ4n) is 3.95. The molecule has 0 bridgehead atoms. The Morgan fingerprint density at radius 2 is 1.90 bits per heavy atom. The minimum Gasteiger partial charge on any atom is -0.497 e. The number of carbonyl (C=O) groups is 1. The average Bonchev–Trinajstić information content (AvgIpc) is 3.07. The van der Waals surface area contributed by atoms with Crippen molar-refractivity contribution in [3.05, 3.63) is 62.9 Å². The molecule has 2 N–H and O–H groups in total. The van der Waals surface area contributed by atoms with E-state index in [1.54, 1.807) is 45.2 Å². The molecule has 4 atom stereocenters. The van der Waals surface area contributed by atoms with Gasteiger partial charge in [-0.05, 0) is 38.1 Å². The predicted octanol–water partition coefficient (Wildman–Crippen LogP) is 0.435. The van der Waals surface area contributed by atoms with E-state index < -0.39 is 41.4 Å². The highest BCUT2D eigenvalue weighted by Crippen LogP contribution is 2.39. The van der Waals surface area contributed by atoms with Crippen molar-refractivity contribution in [3.8, 4) is 5.75 Å². The number of H-pyrrole nitrogens is 1. The normalized spacial score (nSPS) is 26.8. The minimum atomic E-state index is -0.884. The van der Waals surface area contributed by atoms with Gasteiger partial charge in [0.05, 0.1) is 19.8 Å². The zero-order valence-corrected chi connectivity index (χ0v) is 17.5. The van der Waals surface area contributed by atoms with Gasteiger partial charge in [-0.1, -0.05) is 0 Å². The number of rotatable bonds is 5. The second kappa shape index (κ2) is 8.29. The fourth-order valence-corrected chi connectivity index (χ4v) is 3.95. The third-order valence-electron chi connectivity index (χ3n) is 5.41. The van der Waals surface area contributed by atoms with Crippen LogP contribution in [0, 0.1) is 0 Å². The van der Waals surface area contributed by atoms with Gasteiger partial charge in [-0.25, -0.2) is 4.79 Å². The summed E-state index contributed by atoms with van der Waals surface area (Å²) in [6.45, 7) is 3.93. The van der Waals surface area contributed by atoms with E-state index in [0.717, 1.165) is 0 Å². The van der Waals surface area contributed by atoms with E-state index >= 15 is 0 Å². The molecule has 0 aliphatic carbocycles. The minimum absolute atomic E-state index is 0.162. The van der Waals surface area contributed by atoms with Gasteiger partial charge in [0.15, 0.2) is 5.79 Å². The molecule has 4 rings (SSSR count). The first-order valence-corrected chi connectivity index (χ1v) is 9.98. The maximum Gasteiger partial charge on any atom is 0.328 e. The molecule has 1 aromatic heterocycles. The Morgan fingerprint density at radius 1 is 1.19 bits per heavy atom. The molecule has 2 aliphatic rings. The average molecular weight is 431 g/mol. The molecule has 10 nitrogen and oxygen atoms in total. The summed E-state index contributed by atoms with van der Waals surface area (Å²) in [7, 11) is 1.56. The van der Waals surface area contributed by atoms with Gasteiger partial charge in [-0.3, -0.25) is 19.1 Å². The van der Waals surface area contributed by atoms with Crippen molar-refractivity contribution in [2.24, 2.45) is 0 Å². The molecule has 1 amide bonds. The number of aromatic nitrogens is 2. The summed E-state index contributed by atoms with van der Waals surface area (Å²) >= 11 is 0. The summed E-state index contributed by atoms with van der Waals surface area (Å²) in [4.78, 5) is 38.4. The van der Waals surface area contributed by atoms with Gasteiger partial charge in [0, 0.05) is 24.4 Å². The molecule has 2 aliphatic heterocycles. The Balaban J connectivity index is 1.48. The lowest BCUT2D eigenvalue weighted by molar-refractivity contribution is -0.153. The van der Waals surface area contributed by atoms with E-state index in [4.69, 9.17) is 18.9 Å². The number of benzene rings is 1. The van der Waals surface area contributed by atoms with Crippen LogP contribution in [0.25, 0.3) is 0 Å². The largest absolute Gasteiger partial charge is 0.497 e. The smallest absolute Gasteiger partial charge is 0.328 e. The standard InChI is InChI=1S/C21H25N3O7/c1-21(2)30-17-14(24-9-8-16(25)23-20(24)27)11-29-15(18(17)31-21)10-22-19(26)12-4-6-13(28-3)7-5-12/h4-9,14-15,17-18H,10-11H2,1-3H3,(H,22,26)(H,23,25,27)/t14-,15-,17+,18-/m1/s1. The van der Waals surface area contributed by atoms with E-state index in [-0.39, 0.29) is 19.1 Å². The first-order chi connectivity index (χ1) is 14.8. The lowest BCUT2D eigenvalue weighted by Gasteiger charge is -2.37. The number of methoxy groups -OCH3 is 1. The number of nitrogens with one attached hydrogen (secondary N) is 2. The SMILES string of the molecule is COc1ccc(C(=O)NC[C@H]2OC[C@@H](n3ccc(=O)[nH]c3=O)[C@@H]3OC(C)(C)O[C@@H]32)cc1. The van der Waals surface area contributed by atoms with Crippen LogP contribution in [0.3, 0.4) is 0 Å². The molecule has 1 aromatic carbocycles. The number of nitrogens with zero attached hydrogens (tertiary/aromatic N) is 1. The first-order valence-electron chi connectivity index (χ1n) is 9.98. The van der Waals surface area contributed by atoms with Gasteiger partial charge < -0.3 is 24.3 Å². The molecule has 3 heterocycles. The molecule has 10 heteroatoms. The van der Waals surface area contributed by atoms with Gasteiger partial charge in [-0.2, -0.15) is 0 Å². The van der Waals surface area contributed by atoms with E-state index in [1.165, 1.54) is 16.8 Å². The first kappa shape index (κ1) is 21.3. The summed E-state index contributed by atoms with van der Waals surface area (Å²) in [5.41, 5.74) is -0.522. The zero-order valence-electron chi connectivity index (χ0n) is 17.5. The lowest BCUT2D eigenvalue weighted by Crippen LogP contribution is -2.54. The van der Waals surface area contributed by atoms with Crippen molar-refractivity contribution in [1.82, 2.24) is 14.9 Å². The number of ether oxygens (including phenoxy) is 4. The van der Waals surface area contributed by atoms with Crippen molar-refractivity contribution in [2.45, 2.75) is 44.0 Å². The van der Waals surface area contributed by atoms with Gasteiger partial charge in [-0.15, -0.1) is 0 Å². The summed E-state index contributed by atoms with van der Waals surface area (Å²) in [6.07, 6.45) is -0.0464. The van der Waals surface area contributed by atoms with Crippen molar-refractivity contribution in [1.29, 1.82) is 0 Å². The molecular formula is C21H25N3O7. The fraction of sp³-hybridized carbons (Fsp3) is 0.476. The van der Waals surface area contributed by atoms with Crippen LogP contribution in [-0.2, 0) is 14.2 Å². The Bertz CT molecular complexity index is 1060. The number of hydrogen-bond acceptors (Lipinski definition) is 7. The van der Waals surface area contributed by atoms with Crippen LogP contribution < -0.4 is 21.3 Å². The lowest BCUT2D eigenvalue weighted by atomic mass is 9.97. The number of hydrogen-bond donors (Lipinski definition) is 2. The third kappa shape index (κ3) is 4.41. The molecule has 2 fully saturated rings. The van der Waals surface area contributed by atoms with Gasteiger partial charge >= 0.3 is 5.69 Å².